The van der Waals surface area contributed by atoms with Gasteiger partial charge in [-0.3, -0.25) is 9.69 Å². The maximum absolute atomic E-state index is 12.3. The molecule has 0 aromatic carbocycles. The Labute approximate surface area is 132 Å². The molecular formula is C17H26N2O3. The number of carbonyl (C=O) groups excluding carboxylic acids is 1. The van der Waals surface area contributed by atoms with E-state index in [2.05, 4.69) is 4.90 Å². The number of hydrogen-bond acceptors (Lipinski definition) is 4. The molecule has 3 rings (SSSR count). The molecule has 3 heterocycles. The number of rotatable bonds is 3. The largest absolute Gasteiger partial charge is 0.472 e. The van der Waals surface area contributed by atoms with Crippen LogP contribution in [-0.2, 0) is 16.1 Å². The van der Waals surface area contributed by atoms with Gasteiger partial charge in [0.15, 0.2) is 0 Å². The first-order chi connectivity index (χ1) is 10.6. The summed E-state index contributed by atoms with van der Waals surface area (Å²) >= 11 is 0. The first-order valence-electron chi connectivity index (χ1n) is 8.24. The van der Waals surface area contributed by atoms with Gasteiger partial charge in [-0.05, 0) is 18.9 Å². The van der Waals surface area contributed by atoms with Gasteiger partial charge in [0.1, 0.15) is 0 Å². The van der Waals surface area contributed by atoms with Gasteiger partial charge >= 0.3 is 0 Å². The van der Waals surface area contributed by atoms with E-state index in [1.54, 1.807) is 12.5 Å². The average Bonchev–Trinajstić information content (AvgIpc) is 2.99. The summed E-state index contributed by atoms with van der Waals surface area (Å²) in [5, 5.41) is 0. The lowest BCUT2D eigenvalue weighted by atomic mass is 9.90. The summed E-state index contributed by atoms with van der Waals surface area (Å²) in [6.45, 7) is 8.98. The third kappa shape index (κ3) is 3.36. The van der Waals surface area contributed by atoms with E-state index in [1.807, 2.05) is 24.8 Å². The Balaban J connectivity index is 1.65. The van der Waals surface area contributed by atoms with Crippen LogP contribution in [0, 0.1) is 5.92 Å². The van der Waals surface area contributed by atoms with Crippen LogP contribution >= 0.6 is 0 Å². The molecule has 0 unspecified atom stereocenters. The SMILES string of the molecule is CC(C)C(=O)N1CCC[C@@]2(CN(Cc3ccoc3)CCO2)C1. The molecule has 5 heteroatoms. The van der Waals surface area contributed by atoms with Crippen LogP contribution < -0.4 is 0 Å². The van der Waals surface area contributed by atoms with Gasteiger partial charge in [-0.25, -0.2) is 0 Å². The van der Waals surface area contributed by atoms with Crippen LogP contribution in [0.4, 0.5) is 0 Å². The molecule has 2 saturated heterocycles. The van der Waals surface area contributed by atoms with Crippen molar-refractivity contribution in [3.8, 4) is 0 Å². The fourth-order valence-corrected chi connectivity index (χ4v) is 3.60. The van der Waals surface area contributed by atoms with E-state index < -0.39 is 0 Å². The van der Waals surface area contributed by atoms with Gasteiger partial charge in [-0.2, -0.15) is 0 Å². The number of hydrogen-bond donors (Lipinski definition) is 0. The monoisotopic (exact) mass is 306 g/mol. The normalized spacial score (nSPS) is 26.8. The first-order valence-corrected chi connectivity index (χ1v) is 8.24. The summed E-state index contributed by atoms with van der Waals surface area (Å²) < 4.78 is 11.3. The molecule has 1 atom stereocenters. The zero-order valence-corrected chi connectivity index (χ0v) is 13.6. The molecule has 1 aromatic rings. The summed E-state index contributed by atoms with van der Waals surface area (Å²) in [5.74, 6) is 0.301. The minimum Gasteiger partial charge on any atom is -0.472 e. The van der Waals surface area contributed by atoms with Gasteiger partial charge in [-0.1, -0.05) is 13.8 Å². The lowest BCUT2D eigenvalue weighted by Crippen LogP contribution is -2.60. The molecule has 0 aliphatic carbocycles. The Hall–Kier alpha value is -1.33. The highest BCUT2D eigenvalue weighted by Crippen LogP contribution is 2.30. The van der Waals surface area contributed by atoms with Crippen LogP contribution in [0.2, 0.25) is 0 Å². The van der Waals surface area contributed by atoms with E-state index in [1.165, 1.54) is 5.56 Å². The Morgan fingerprint density at radius 3 is 2.95 bits per heavy atom. The Morgan fingerprint density at radius 1 is 1.36 bits per heavy atom. The predicted octanol–water partition coefficient (Wildman–Crippen LogP) is 2.13. The molecule has 2 fully saturated rings. The molecule has 0 N–H and O–H groups in total. The van der Waals surface area contributed by atoms with E-state index in [0.717, 1.165) is 52.2 Å². The Kier molecular flexibility index (Phi) is 4.54. The van der Waals surface area contributed by atoms with E-state index in [0.29, 0.717) is 0 Å². The highest BCUT2D eigenvalue weighted by molar-refractivity contribution is 5.78. The van der Waals surface area contributed by atoms with Gasteiger partial charge in [-0.15, -0.1) is 0 Å². The lowest BCUT2D eigenvalue weighted by Gasteiger charge is -2.48. The van der Waals surface area contributed by atoms with Gasteiger partial charge in [0.2, 0.25) is 5.91 Å². The number of morpholine rings is 1. The fraction of sp³-hybridized carbons (Fsp3) is 0.706. The number of amides is 1. The van der Waals surface area contributed by atoms with Crippen molar-refractivity contribution in [1.29, 1.82) is 0 Å². The molecule has 122 valence electrons. The Bertz CT molecular complexity index is 496. The van der Waals surface area contributed by atoms with Crippen molar-refractivity contribution in [3.05, 3.63) is 24.2 Å². The summed E-state index contributed by atoms with van der Waals surface area (Å²) in [7, 11) is 0. The number of nitrogens with zero attached hydrogens (tertiary/aromatic N) is 2. The molecular weight excluding hydrogens is 280 g/mol. The molecule has 1 amide bonds. The van der Waals surface area contributed by atoms with Crippen molar-refractivity contribution in [3.63, 3.8) is 0 Å². The molecule has 22 heavy (non-hydrogen) atoms. The minimum absolute atomic E-state index is 0.0563. The van der Waals surface area contributed by atoms with Crippen molar-refractivity contribution < 1.29 is 13.9 Å². The fourth-order valence-electron chi connectivity index (χ4n) is 3.60. The second-order valence-corrected chi connectivity index (χ2v) is 6.89. The summed E-state index contributed by atoms with van der Waals surface area (Å²) in [4.78, 5) is 16.7. The van der Waals surface area contributed by atoms with Crippen LogP contribution in [0.15, 0.2) is 23.0 Å². The smallest absolute Gasteiger partial charge is 0.225 e. The zero-order valence-electron chi connectivity index (χ0n) is 13.6. The second kappa shape index (κ2) is 6.42. The molecule has 0 radical (unpaired) electrons. The first kappa shape index (κ1) is 15.6. The number of furan rings is 1. The maximum Gasteiger partial charge on any atom is 0.225 e. The number of piperidine rings is 1. The van der Waals surface area contributed by atoms with Crippen LogP contribution in [0.5, 0.6) is 0 Å². The molecule has 2 aliphatic heterocycles. The molecule has 0 saturated carbocycles. The van der Waals surface area contributed by atoms with Crippen LogP contribution in [0.1, 0.15) is 32.3 Å². The third-order valence-corrected chi connectivity index (χ3v) is 4.66. The highest BCUT2D eigenvalue weighted by Gasteiger charge is 2.41. The van der Waals surface area contributed by atoms with Crippen LogP contribution in [-0.4, -0.2) is 54.1 Å². The molecule has 0 bridgehead atoms. The topological polar surface area (TPSA) is 45.9 Å². The number of likely N-dealkylation sites (tertiary alicyclic amines) is 1. The Morgan fingerprint density at radius 2 is 2.23 bits per heavy atom. The maximum atomic E-state index is 12.3. The zero-order chi connectivity index (χ0) is 15.6. The second-order valence-electron chi connectivity index (χ2n) is 6.89. The average molecular weight is 306 g/mol. The third-order valence-electron chi connectivity index (χ3n) is 4.66. The van der Waals surface area contributed by atoms with Gasteiger partial charge in [0.25, 0.3) is 0 Å². The van der Waals surface area contributed by atoms with E-state index in [9.17, 15) is 4.79 Å². The van der Waals surface area contributed by atoms with Crippen molar-refractivity contribution >= 4 is 5.91 Å². The van der Waals surface area contributed by atoms with E-state index in [-0.39, 0.29) is 17.4 Å². The summed E-state index contributed by atoms with van der Waals surface area (Å²) in [5.41, 5.74) is 1.01. The number of carbonyl (C=O) groups is 1. The van der Waals surface area contributed by atoms with Crippen molar-refractivity contribution in [2.24, 2.45) is 5.92 Å². The van der Waals surface area contributed by atoms with Gasteiger partial charge in [0.05, 0.1) is 31.3 Å². The van der Waals surface area contributed by atoms with Crippen molar-refractivity contribution in [1.82, 2.24) is 9.80 Å². The van der Waals surface area contributed by atoms with Crippen LogP contribution in [0.25, 0.3) is 0 Å². The standard InChI is InChI=1S/C17H26N2O3/c1-14(2)16(20)19-6-3-5-17(13-19)12-18(7-9-22-17)10-15-4-8-21-11-15/h4,8,11,14H,3,5-7,9-10,12-13H2,1-2H3/t17-/m1/s1. The molecule has 5 nitrogen and oxygen atoms in total. The molecule has 2 aliphatic rings. The van der Waals surface area contributed by atoms with Crippen molar-refractivity contribution in [2.75, 3.05) is 32.8 Å². The van der Waals surface area contributed by atoms with Gasteiger partial charge < -0.3 is 14.1 Å². The van der Waals surface area contributed by atoms with Gasteiger partial charge in [0, 0.05) is 37.7 Å². The minimum atomic E-state index is -0.190. The van der Waals surface area contributed by atoms with E-state index >= 15 is 0 Å². The molecule has 1 spiro atoms. The number of ether oxygens (including phenoxy) is 1. The lowest BCUT2D eigenvalue weighted by molar-refractivity contribution is -0.160. The quantitative estimate of drug-likeness (QED) is 0.858. The summed E-state index contributed by atoms with van der Waals surface area (Å²) in [6.07, 6.45) is 5.58. The summed E-state index contributed by atoms with van der Waals surface area (Å²) in [6, 6.07) is 2.01. The predicted molar refractivity (Wildman–Crippen MR) is 83.3 cm³/mol. The molecule has 1 aromatic heterocycles. The van der Waals surface area contributed by atoms with E-state index in [4.69, 9.17) is 9.15 Å². The van der Waals surface area contributed by atoms with Crippen LogP contribution in [0.3, 0.4) is 0 Å². The van der Waals surface area contributed by atoms with Crippen molar-refractivity contribution in [2.45, 2.75) is 38.8 Å². The highest BCUT2D eigenvalue weighted by atomic mass is 16.5.